The van der Waals surface area contributed by atoms with Gasteiger partial charge in [0.15, 0.2) is 0 Å². The number of nitrogens with zero attached hydrogens (tertiary/aromatic N) is 4. The third-order valence-electron chi connectivity index (χ3n) is 5.01. The zero-order chi connectivity index (χ0) is 17.4. The molecule has 0 amide bonds. The molecule has 0 atom stereocenters. The summed E-state index contributed by atoms with van der Waals surface area (Å²) in [6.07, 6.45) is 2.90. The maximum Gasteiger partial charge on any atom is 0.123 e. The van der Waals surface area contributed by atoms with Gasteiger partial charge in [-0.25, -0.2) is 4.39 Å². The zero-order valence-electron chi connectivity index (χ0n) is 14.6. The summed E-state index contributed by atoms with van der Waals surface area (Å²) in [5, 5.41) is 12.0. The average Bonchev–Trinajstić information content (AvgIpc) is 3.19. The lowest BCUT2D eigenvalue weighted by Crippen LogP contribution is -2.30. The fourth-order valence-corrected chi connectivity index (χ4v) is 3.56. The number of rotatable bonds is 4. The van der Waals surface area contributed by atoms with Crippen LogP contribution in [0.3, 0.4) is 0 Å². The van der Waals surface area contributed by atoms with Crippen molar-refractivity contribution in [1.82, 2.24) is 24.9 Å². The van der Waals surface area contributed by atoms with Gasteiger partial charge in [-0.3, -0.25) is 14.7 Å². The van der Waals surface area contributed by atoms with E-state index < -0.39 is 0 Å². The van der Waals surface area contributed by atoms with Gasteiger partial charge >= 0.3 is 0 Å². The Labute approximate surface area is 146 Å². The smallest absolute Gasteiger partial charge is 0.123 e. The highest BCUT2D eigenvalue weighted by Crippen LogP contribution is 2.29. The van der Waals surface area contributed by atoms with Gasteiger partial charge in [-0.2, -0.15) is 10.2 Å². The van der Waals surface area contributed by atoms with Gasteiger partial charge in [0, 0.05) is 60.7 Å². The van der Waals surface area contributed by atoms with E-state index in [1.54, 1.807) is 12.1 Å². The van der Waals surface area contributed by atoms with Crippen LogP contribution in [0.5, 0.6) is 0 Å². The third-order valence-corrected chi connectivity index (χ3v) is 5.01. The second-order valence-electron chi connectivity index (χ2n) is 6.57. The highest BCUT2D eigenvalue weighted by molar-refractivity contribution is 5.64. The van der Waals surface area contributed by atoms with E-state index in [0.717, 1.165) is 49.6 Å². The lowest BCUT2D eigenvalue weighted by atomic mass is 10.0. The molecular weight excluding hydrogens is 317 g/mol. The van der Waals surface area contributed by atoms with Crippen LogP contribution in [0, 0.1) is 12.7 Å². The summed E-state index contributed by atoms with van der Waals surface area (Å²) < 4.78 is 15.6. The molecule has 1 aromatic carbocycles. The van der Waals surface area contributed by atoms with E-state index in [2.05, 4.69) is 34.0 Å². The molecular formula is C19H22FN5. The quantitative estimate of drug-likeness (QED) is 0.793. The SMILES string of the molecule is CCn1ncc(CN2CCc3[nH]nc(-c4cccc(F)c4)c3C2)c1C. The van der Waals surface area contributed by atoms with Gasteiger partial charge in [0.25, 0.3) is 0 Å². The van der Waals surface area contributed by atoms with Crippen molar-refractivity contribution >= 4 is 0 Å². The molecule has 3 aromatic rings. The van der Waals surface area contributed by atoms with E-state index in [1.165, 1.54) is 22.9 Å². The normalized spacial score (nSPS) is 14.7. The number of aromatic nitrogens is 4. The third kappa shape index (κ3) is 2.98. The summed E-state index contributed by atoms with van der Waals surface area (Å²) in [6.45, 7) is 7.79. The lowest BCUT2D eigenvalue weighted by molar-refractivity contribution is 0.244. The number of halogens is 1. The van der Waals surface area contributed by atoms with Crippen LogP contribution in [0.1, 0.15) is 29.4 Å². The van der Waals surface area contributed by atoms with Gasteiger partial charge in [0.05, 0.1) is 11.9 Å². The van der Waals surface area contributed by atoms with Crippen LogP contribution in [-0.4, -0.2) is 31.4 Å². The maximum absolute atomic E-state index is 13.6. The number of hydrogen-bond donors (Lipinski definition) is 1. The molecule has 0 radical (unpaired) electrons. The van der Waals surface area contributed by atoms with E-state index in [0.29, 0.717) is 0 Å². The minimum absolute atomic E-state index is 0.232. The van der Waals surface area contributed by atoms with Crippen molar-refractivity contribution < 1.29 is 4.39 Å². The van der Waals surface area contributed by atoms with Crippen LogP contribution < -0.4 is 0 Å². The topological polar surface area (TPSA) is 49.7 Å². The first-order chi connectivity index (χ1) is 12.2. The molecule has 0 spiro atoms. The monoisotopic (exact) mass is 339 g/mol. The lowest BCUT2D eigenvalue weighted by Gasteiger charge is -2.27. The van der Waals surface area contributed by atoms with Crippen molar-refractivity contribution in [1.29, 1.82) is 0 Å². The molecule has 0 unspecified atom stereocenters. The molecule has 0 saturated heterocycles. The summed E-state index contributed by atoms with van der Waals surface area (Å²) in [4.78, 5) is 2.41. The molecule has 4 rings (SSSR count). The minimum Gasteiger partial charge on any atom is -0.294 e. The zero-order valence-corrected chi connectivity index (χ0v) is 14.6. The Balaban J connectivity index is 1.58. The molecule has 0 aliphatic carbocycles. The van der Waals surface area contributed by atoms with Crippen LogP contribution in [-0.2, 0) is 26.1 Å². The first-order valence-electron chi connectivity index (χ1n) is 8.71. The molecule has 6 heteroatoms. The molecule has 25 heavy (non-hydrogen) atoms. The second kappa shape index (κ2) is 6.44. The number of nitrogens with one attached hydrogen (secondary N) is 1. The Morgan fingerprint density at radius 2 is 2.20 bits per heavy atom. The molecule has 1 aliphatic heterocycles. The van der Waals surface area contributed by atoms with Crippen molar-refractivity contribution in [2.45, 2.75) is 39.9 Å². The van der Waals surface area contributed by atoms with Crippen LogP contribution in [0.4, 0.5) is 4.39 Å². The van der Waals surface area contributed by atoms with Crippen molar-refractivity contribution in [2.75, 3.05) is 6.54 Å². The van der Waals surface area contributed by atoms with Crippen LogP contribution in [0.15, 0.2) is 30.5 Å². The number of fused-ring (bicyclic) bond motifs is 1. The highest BCUT2D eigenvalue weighted by Gasteiger charge is 2.23. The van der Waals surface area contributed by atoms with E-state index in [9.17, 15) is 4.39 Å². The Morgan fingerprint density at radius 1 is 1.32 bits per heavy atom. The molecule has 0 fully saturated rings. The fraction of sp³-hybridized carbons (Fsp3) is 0.368. The van der Waals surface area contributed by atoms with Gasteiger partial charge in [-0.15, -0.1) is 0 Å². The Hall–Kier alpha value is -2.47. The maximum atomic E-state index is 13.6. The predicted molar refractivity (Wildman–Crippen MR) is 94.4 cm³/mol. The van der Waals surface area contributed by atoms with Gasteiger partial charge in [-0.05, 0) is 26.0 Å². The summed E-state index contributed by atoms with van der Waals surface area (Å²) in [6, 6.07) is 6.65. The van der Waals surface area contributed by atoms with Gasteiger partial charge in [0.2, 0.25) is 0 Å². The summed E-state index contributed by atoms with van der Waals surface area (Å²) in [5.74, 6) is -0.232. The summed E-state index contributed by atoms with van der Waals surface area (Å²) >= 11 is 0. The minimum atomic E-state index is -0.232. The predicted octanol–water partition coefficient (Wildman–Crippen LogP) is 3.30. The Morgan fingerprint density at radius 3 is 2.96 bits per heavy atom. The second-order valence-corrected chi connectivity index (χ2v) is 6.57. The van der Waals surface area contributed by atoms with Crippen molar-refractivity contribution in [2.24, 2.45) is 0 Å². The van der Waals surface area contributed by atoms with E-state index in [1.807, 2.05) is 16.9 Å². The molecule has 130 valence electrons. The molecule has 2 aromatic heterocycles. The van der Waals surface area contributed by atoms with E-state index in [4.69, 9.17) is 0 Å². The van der Waals surface area contributed by atoms with Crippen LogP contribution in [0.25, 0.3) is 11.3 Å². The standard InChI is InChI=1S/C19H22FN5/c1-3-25-13(2)15(10-21-25)11-24-8-7-18-17(12-24)19(23-22-18)14-5-4-6-16(20)9-14/h4-6,9-10H,3,7-8,11-12H2,1-2H3,(H,22,23). The summed E-state index contributed by atoms with van der Waals surface area (Å²) in [5.41, 5.74) is 6.52. The van der Waals surface area contributed by atoms with Crippen LogP contribution >= 0.6 is 0 Å². The average molecular weight is 339 g/mol. The van der Waals surface area contributed by atoms with E-state index in [-0.39, 0.29) is 5.82 Å². The molecule has 3 heterocycles. The van der Waals surface area contributed by atoms with Gasteiger partial charge < -0.3 is 0 Å². The molecule has 0 saturated carbocycles. The molecule has 0 bridgehead atoms. The molecule has 1 aliphatic rings. The van der Waals surface area contributed by atoms with Crippen molar-refractivity contribution in [3.63, 3.8) is 0 Å². The number of benzene rings is 1. The summed E-state index contributed by atoms with van der Waals surface area (Å²) in [7, 11) is 0. The first kappa shape index (κ1) is 16.0. The highest BCUT2D eigenvalue weighted by atomic mass is 19.1. The van der Waals surface area contributed by atoms with E-state index >= 15 is 0 Å². The molecule has 5 nitrogen and oxygen atoms in total. The van der Waals surface area contributed by atoms with Crippen molar-refractivity contribution in [3.05, 3.63) is 58.8 Å². The van der Waals surface area contributed by atoms with Gasteiger partial charge in [-0.1, -0.05) is 12.1 Å². The van der Waals surface area contributed by atoms with Crippen LogP contribution in [0.2, 0.25) is 0 Å². The fourth-order valence-electron chi connectivity index (χ4n) is 3.56. The van der Waals surface area contributed by atoms with Crippen molar-refractivity contribution in [3.8, 4) is 11.3 Å². The number of aromatic amines is 1. The number of aryl methyl sites for hydroxylation is 1. The first-order valence-corrected chi connectivity index (χ1v) is 8.71. The number of H-pyrrole nitrogens is 1. The Bertz CT molecular complexity index is 895. The Kier molecular flexibility index (Phi) is 4.13. The number of hydrogen-bond acceptors (Lipinski definition) is 3. The van der Waals surface area contributed by atoms with Gasteiger partial charge in [0.1, 0.15) is 5.82 Å². The largest absolute Gasteiger partial charge is 0.294 e. The molecule has 1 N–H and O–H groups in total.